The lowest BCUT2D eigenvalue weighted by molar-refractivity contribution is -0.278. The number of hydrogen-bond acceptors (Lipinski definition) is 9. The molecule has 0 aromatic rings. The van der Waals surface area contributed by atoms with E-state index in [0.717, 1.165) is 56.8 Å². The molecule has 5 saturated carbocycles. The summed E-state index contributed by atoms with van der Waals surface area (Å²) < 4.78 is 31.0. The lowest BCUT2D eigenvalue weighted by Crippen LogP contribution is -2.69. The highest BCUT2D eigenvalue weighted by Gasteiger charge is 2.71. The monoisotopic (exact) mass is 600 g/mol. The number of rotatable bonds is 4. The third kappa shape index (κ3) is 4.03. The van der Waals surface area contributed by atoms with Gasteiger partial charge in [0.05, 0.1) is 34.9 Å². The average Bonchev–Trinajstić information content (AvgIpc) is 3.75. The summed E-state index contributed by atoms with van der Waals surface area (Å²) in [6.45, 7) is 4.52. The fraction of sp³-hybridized carbons (Fsp3) is 0.882. The van der Waals surface area contributed by atoms with Gasteiger partial charge in [-0.2, -0.15) is 0 Å². The molecule has 238 valence electrons. The zero-order chi connectivity index (χ0) is 29.8. The van der Waals surface area contributed by atoms with Crippen molar-refractivity contribution in [3.8, 4) is 0 Å². The van der Waals surface area contributed by atoms with Gasteiger partial charge < -0.3 is 38.7 Å². The van der Waals surface area contributed by atoms with Gasteiger partial charge in [-0.25, -0.2) is 4.79 Å². The van der Waals surface area contributed by atoms with E-state index in [1.165, 1.54) is 0 Å². The molecule has 0 unspecified atom stereocenters. The highest BCUT2D eigenvalue weighted by atomic mass is 16.8. The maximum atomic E-state index is 13.1. The van der Waals surface area contributed by atoms with Crippen LogP contribution < -0.4 is 0 Å². The summed E-state index contributed by atoms with van der Waals surface area (Å²) in [4.78, 5) is 25.0. The van der Waals surface area contributed by atoms with E-state index < -0.39 is 28.7 Å². The van der Waals surface area contributed by atoms with Crippen molar-refractivity contribution in [2.24, 2.45) is 28.6 Å². The quantitative estimate of drug-likeness (QED) is 0.279. The Morgan fingerprint density at radius 2 is 1.77 bits per heavy atom. The van der Waals surface area contributed by atoms with Crippen molar-refractivity contribution in [1.82, 2.24) is 0 Å². The molecule has 3 heterocycles. The standard InChI is InChI=1S/C34H48O9/c1-20-29-26(42-33(43-29)9-3-4-10-33)16-28(40-20)41-22-5-12-31(19-35)24-6-11-30(2)23(21-15-27(36)39-18-21)8-14-34(30,38)25(24)7-13-32(31,37)17-22/h15,19-20,22-26,28-29,37-38H,3-14,16-18H2,1-2H3/t20-,22+,23-,24+,25-,26+,28+,29-,30-,31+,32+,34+/m1/s1. The van der Waals surface area contributed by atoms with E-state index >= 15 is 0 Å². The van der Waals surface area contributed by atoms with E-state index in [0.29, 0.717) is 51.6 Å². The predicted molar refractivity (Wildman–Crippen MR) is 152 cm³/mol. The summed E-state index contributed by atoms with van der Waals surface area (Å²) in [6.07, 6.45) is 12.2. The molecular weight excluding hydrogens is 552 g/mol. The van der Waals surface area contributed by atoms with Gasteiger partial charge in [0, 0.05) is 37.2 Å². The van der Waals surface area contributed by atoms with Gasteiger partial charge in [0.15, 0.2) is 12.1 Å². The van der Waals surface area contributed by atoms with Crippen molar-refractivity contribution >= 4 is 12.3 Å². The highest BCUT2D eigenvalue weighted by Crippen LogP contribution is 2.70. The van der Waals surface area contributed by atoms with Crippen LogP contribution in [0.4, 0.5) is 0 Å². The zero-order valence-corrected chi connectivity index (χ0v) is 25.6. The Morgan fingerprint density at radius 3 is 2.51 bits per heavy atom. The van der Waals surface area contributed by atoms with Gasteiger partial charge in [0.2, 0.25) is 0 Å². The zero-order valence-electron chi connectivity index (χ0n) is 25.6. The molecule has 2 saturated heterocycles. The van der Waals surface area contributed by atoms with Crippen molar-refractivity contribution in [1.29, 1.82) is 0 Å². The van der Waals surface area contributed by atoms with Crippen LogP contribution in [0.2, 0.25) is 0 Å². The van der Waals surface area contributed by atoms with E-state index in [1.54, 1.807) is 6.08 Å². The second-order valence-corrected chi connectivity index (χ2v) is 15.6. The Balaban J connectivity index is 0.979. The number of esters is 1. The van der Waals surface area contributed by atoms with Gasteiger partial charge in [-0.05, 0) is 94.5 Å². The first kappa shape index (κ1) is 29.1. The summed E-state index contributed by atoms with van der Waals surface area (Å²) in [5.41, 5.74) is -2.42. The molecule has 0 radical (unpaired) electrons. The Kier molecular flexibility index (Phi) is 6.64. The Morgan fingerprint density at radius 1 is 0.977 bits per heavy atom. The minimum absolute atomic E-state index is 0.0553. The van der Waals surface area contributed by atoms with Crippen molar-refractivity contribution in [2.75, 3.05) is 6.61 Å². The second-order valence-electron chi connectivity index (χ2n) is 15.6. The van der Waals surface area contributed by atoms with Crippen LogP contribution in [0, 0.1) is 28.6 Å². The summed E-state index contributed by atoms with van der Waals surface area (Å²) in [5.74, 6) is -0.811. The molecule has 0 bridgehead atoms. The van der Waals surface area contributed by atoms with Gasteiger partial charge in [0.25, 0.3) is 0 Å². The average molecular weight is 601 g/mol. The Bertz CT molecular complexity index is 1200. The molecule has 9 nitrogen and oxygen atoms in total. The molecule has 8 aliphatic rings. The van der Waals surface area contributed by atoms with Gasteiger partial charge in [-0.1, -0.05) is 6.92 Å². The van der Waals surface area contributed by atoms with Crippen LogP contribution in [0.25, 0.3) is 0 Å². The van der Waals surface area contributed by atoms with Crippen LogP contribution >= 0.6 is 0 Å². The number of cyclic esters (lactones) is 1. The second kappa shape index (κ2) is 9.82. The van der Waals surface area contributed by atoms with E-state index in [4.69, 9.17) is 23.7 Å². The first-order chi connectivity index (χ1) is 20.5. The third-order valence-corrected chi connectivity index (χ3v) is 13.9. The SMILES string of the molecule is C[C@H]1O[C@@H](O[C@H]2CC[C@]3(C=O)[C@H]4CC[C@]5(C)[C@@H](C6=CC(=O)OC6)CC[C@]5(O)[C@@H]4CC[C@]3(O)C2)C[C@@H]2OC3(CCCC3)O[C@@H]21. The first-order valence-corrected chi connectivity index (χ1v) is 17.0. The third-order valence-electron chi connectivity index (χ3n) is 13.9. The number of fused-ring (bicyclic) bond motifs is 6. The maximum absolute atomic E-state index is 13.1. The molecule has 9 heteroatoms. The van der Waals surface area contributed by atoms with Crippen LogP contribution in [-0.4, -0.2) is 76.8 Å². The lowest BCUT2D eigenvalue weighted by Gasteiger charge is -2.65. The minimum Gasteiger partial charge on any atom is -0.458 e. The predicted octanol–water partition coefficient (Wildman–Crippen LogP) is 4.11. The molecular formula is C34H48O9. The fourth-order valence-electron chi connectivity index (χ4n) is 11.7. The number of aliphatic hydroxyl groups is 2. The number of carbonyl (C=O) groups is 2. The topological polar surface area (TPSA) is 121 Å². The molecule has 5 aliphatic carbocycles. The fourth-order valence-corrected chi connectivity index (χ4v) is 11.7. The Labute approximate surface area is 254 Å². The highest BCUT2D eigenvalue weighted by molar-refractivity contribution is 5.85. The summed E-state index contributed by atoms with van der Waals surface area (Å²) >= 11 is 0. The van der Waals surface area contributed by atoms with E-state index in [-0.39, 0.29) is 53.6 Å². The largest absolute Gasteiger partial charge is 0.458 e. The number of aldehydes is 1. The molecule has 0 aromatic carbocycles. The van der Waals surface area contributed by atoms with Crippen LogP contribution in [0.1, 0.15) is 104 Å². The number of ether oxygens (including phenoxy) is 5. The van der Waals surface area contributed by atoms with Gasteiger partial charge >= 0.3 is 5.97 Å². The summed E-state index contributed by atoms with van der Waals surface area (Å²) in [5, 5.41) is 24.8. The maximum Gasteiger partial charge on any atom is 0.331 e. The van der Waals surface area contributed by atoms with Gasteiger partial charge in [-0.3, -0.25) is 0 Å². The summed E-state index contributed by atoms with van der Waals surface area (Å²) in [7, 11) is 0. The molecule has 1 spiro atoms. The number of carbonyl (C=O) groups excluding carboxylic acids is 2. The lowest BCUT2D eigenvalue weighted by atomic mass is 9.41. The normalized spacial score (nSPS) is 53.5. The van der Waals surface area contributed by atoms with E-state index in [1.807, 2.05) is 6.92 Å². The molecule has 0 amide bonds. The summed E-state index contributed by atoms with van der Waals surface area (Å²) in [6, 6.07) is 0. The van der Waals surface area contributed by atoms with Crippen LogP contribution in [0.5, 0.6) is 0 Å². The smallest absolute Gasteiger partial charge is 0.331 e. The molecule has 12 atom stereocenters. The molecule has 43 heavy (non-hydrogen) atoms. The van der Waals surface area contributed by atoms with E-state index in [9.17, 15) is 19.8 Å². The van der Waals surface area contributed by atoms with Crippen LogP contribution in [0.15, 0.2) is 11.6 Å². The van der Waals surface area contributed by atoms with Gasteiger partial charge in [-0.15, -0.1) is 0 Å². The molecule has 3 aliphatic heterocycles. The van der Waals surface area contributed by atoms with Crippen LogP contribution in [-0.2, 0) is 33.3 Å². The van der Waals surface area contributed by atoms with Crippen molar-refractivity contribution in [2.45, 2.75) is 151 Å². The first-order valence-electron chi connectivity index (χ1n) is 17.0. The van der Waals surface area contributed by atoms with Crippen molar-refractivity contribution in [3.63, 3.8) is 0 Å². The molecule has 2 N–H and O–H groups in total. The van der Waals surface area contributed by atoms with Gasteiger partial charge in [0.1, 0.15) is 19.0 Å². The number of hydrogen-bond donors (Lipinski definition) is 2. The van der Waals surface area contributed by atoms with Crippen LogP contribution in [0.3, 0.4) is 0 Å². The minimum atomic E-state index is -1.18. The molecule has 7 fully saturated rings. The van der Waals surface area contributed by atoms with Crippen molar-refractivity contribution < 1.29 is 43.5 Å². The van der Waals surface area contributed by atoms with E-state index in [2.05, 4.69) is 6.92 Å². The molecule has 0 aromatic heterocycles. The Hall–Kier alpha value is -1.36. The molecule has 8 rings (SSSR count). The van der Waals surface area contributed by atoms with Crippen molar-refractivity contribution in [3.05, 3.63) is 11.6 Å².